The van der Waals surface area contributed by atoms with Gasteiger partial charge in [0.25, 0.3) is 0 Å². The van der Waals surface area contributed by atoms with Crippen molar-refractivity contribution >= 4 is 10.8 Å². The molecule has 0 atom stereocenters. The van der Waals surface area contributed by atoms with Gasteiger partial charge in [0.15, 0.2) is 5.43 Å². The number of aromatic hydroxyl groups is 1. The van der Waals surface area contributed by atoms with E-state index >= 15 is 0 Å². The Balaban J connectivity index is 2.99. The van der Waals surface area contributed by atoms with Gasteiger partial charge in [-0.25, -0.2) is 0 Å². The van der Waals surface area contributed by atoms with Gasteiger partial charge in [-0.3, -0.25) is 4.79 Å². The molecule has 0 aliphatic rings. The lowest BCUT2D eigenvalue weighted by atomic mass is 10.1. The highest BCUT2D eigenvalue weighted by Gasteiger charge is 2.03. The first-order valence-electron chi connectivity index (χ1n) is 4.97. The summed E-state index contributed by atoms with van der Waals surface area (Å²) in [4.78, 5) is 11.5. The van der Waals surface area contributed by atoms with Crippen LogP contribution in [0, 0.1) is 0 Å². The van der Waals surface area contributed by atoms with E-state index in [2.05, 4.69) is 0 Å². The Morgan fingerprint density at radius 3 is 2.67 bits per heavy atom. The van der Waals surface area contributed by atoms with Gasteiger partial charge in [0, 0.05) is 5.39 Å². The molecule has 0 unspecified atom stereocenters. The fourth-order valence-corrected chi connectivity index (χ4v) is 1.72. The maximum atomic E-state index is 11.5. The Hall–Kier alpha value is -1.83. The lowest BCUT2D eigenvalue weighted by Crippen LogP contribution is -1.92. The van der Waals surface area contributed by atoms with Crippen LogP contribution < -0.4 is 5.43 Å². The van der Waals surface area contributed by atoms with Crippen molar-refractivity contribution in [2.45, 2.75) is 13.3 Å². The number of rotatable bonds is 1. The first-order valence-corrected chi connectivity index (χ1v) is 4.97. The van der Waals surface area contributed by atoms with Crippen LogP contribution in [0.25, 0.3) is 10.8 Å². The molecule has 0 fully saturated rings. The SMILES string of the molecule is CCc1cc(=O)cc2ccccc2c1O. The molecule has 15 heavy (non-hydrogen) atoms. The molecule has 2 aromatic rings. The average Bonchev–Trinajstić information content (AvgIpc) is 2.36. The van der Waals surface area contributed by atoms with Crippen molar-refractivity contribution in [1.82, 2.24) is 0 Å². The van der Waals surface area contributed by atoms with E-state index in [0.717, 1.165) is 10.8 Å². The maximum absolute atomic E-state index is 11.5. The maximum Gasteiger partial charge on any atom is 0.179 e. The fraction of sp³-hybridized carbons (Fsp3) is 0.154. The van der Waals surface area contributed by atoms with Crippen molar-refractivity contribution in [1.29, 1.82) is 0 Å². The van der Waals surface area contributed by atoms with Gasteiger partial charge in [0.2, 0.25) is 0 Å². The van der Waals surface area contributed by atoms with Crippen LogP contribution in [0.15, 0.2) is 41.2 Å². The molecular weight excluding hydrogens is 188 g/mol. The molecule has 0 saturated carbocycles. The smallest absolute Gasteiger partial charge is 0.179 e. The predicted molar refractivity (Wildman–Crippen MR) is 61.3 cm³/mol. The first kappa shape index (κ1) is 9.71. The Morgan fingerprint density at radius 2 is 1.93 bits per heavy atom. The van der Waals surface area contributed by atoms with Gasteiger partial charge >= 0.3 is 0 Å². The highest BCUT2D eigenvalue weighted by Crippen LogP contribution is 2.25. The number of aryl methyl sites for hydroxylation is 1. The zero-order chi connectivity index (χ0) is 10.8. The van der Waals surface area contributed by atoms with Crippen molar-refractivity contribution < 1.29 is 5.11 Å². The molecule has 2 rings (SSSR count). The lowest BCUT2D eigenvalue weighted by Gasteiger charge is -1.98. The van der Waals surface area contributed by atoms with Crippen LogP contribution in [-0.4, -0.2) is 5.11 Å². The summed E-state index contributed by atoms with van der Waals surface area (Å²) < 4.78 is 0. The summed E-state index contributed by atoms with van der Waals surface area (Å²) in [7, 11) is 0. The van der Waals surface area contributed by atoms with Gasteiger partial charge in [0.1, 0.15) is 5.75 Å². The van der Waals surface area contributed by atoms with Crippen molar-refractivity contribution in [2.75, 3.05) is 0 Å². The standard InChI is InChI=1S/C13H12O2/c1-2-9-7-11(14)8-10-5-3-4-6-12(10)13(9)15/h3-8,15H,2H2,1H3. The lowest BCUT2D eigenvalue weighted by molar-refractivity contribution is 0.475. The summed E-state index contributed by atoms with van der Waals surface area (Å²) in [5, 5.41) is 11.5. The average molecular weight is 200 g/mol. The van der Waals surface area contributed by atoms with E-state index in [1.54, 1.807) is 6.07 Å². The van der Waals surface area contributed by atoms with E-state index in [1.165, 1.54) is 6.07 Å². The van der Waals surface area contributed by atoms with Crippen molar-refractivity contribution in [3.63, 3.8) is 0 Å². The van der Waals surface area contributed by atoms with Crippen molar-refractivity contribution in [3.05, 3.63) is 52.2 Å². The molecule has 1 N–H and O–H groups in total. The number of benzene rings is 1. The minimum absolute atomic E-state index is 0.0663. The van der Waals surface area contributed by atoms with E-state index in [9.17, 15) is 9.90 Å². The van der Waals surface area contributed by atoms with Crippen LogP contribution in [0.4, 0.5) is 0 Å². The molecule has 2 aromatic carbocycles. The van der Waals surface area contributed by atoms with Gasteiger partial charge < -0.3 is 5.11 Å². The molecular formula is C13H12O2. The van der Waals surface area contributed by atoms with E-state index in [4.69, 9.17) is 0 Å². The Bertz CT molecular complexity index is 559. The number of hydrogen-bond acceptors (Lipinski definition) is 2. The van der Waals surface area contributed by atoms with Gasteiger partial charge in [0.05, 0.1) is 0 Å². The minimum atomic E-state index is -0.0663. The van der Waals surface area contributed by atoms with E-state index < -0.39 is 0 Å². The van der Waals surface area contributed by atoms with Crippen LogP contribution >= 0.6 is 0 Å². The van der Waals surface area contributed by atoms with E-state index in [0.29, 0.717) is 12.0 Å². The summed E-state index contributed by atoms with van der Waals surface area (Å²) >= 11 is 0. The van der Waals surface area contributed by atoms with Crippen LogP contribution in [0.2, 0.25) is 0 Å². The van der Waals surface area contributed by atoms with Crippen LogP contribution in [-0.2, 0) is 6.42 Å². The molecule has 0 aliphatic carbocycles. The second-order valence-corrected chi connectivity index (χ2v) is 3.51. The number of hydrogen-bond donors (Lipinski definition) is 1. The molecule has 2 heteroatoms. The first-order chi connectivity index (χ1) is 7.22. The second-order valence-electron chi connectivity index (χ2n) is 3.51. The predicted octanol–water partition coefficient (Wildman–Crippen LogP) is 2.47. The number of fused-ring (bicyclic) bond motifs is 1. The van der Waals surface area contributed by atoms with E-state index in [-0.39, 0.29) is 11.2 Å². The molecule has 0 bridgehead atoms. The van der Waals surface area contributed by atoms with Gasteiger partial charge in [-0.15, -0.1) is 0 Å². The topological polar surface area (TPSA) is 37.3 Å². The Labute approximate surface area is 87.8 Å². The summed E-state index contributed by atoms with van der Waals surface area (Å²) in [6.07, 6.45) is 0.653. The Morgan fingerprint density at radius 1 is 1.20 bits per heavy atom. The summed E-state index contributed by atoms with van der Waals surface area (Å²) in [5.74, 6) is 0.218. The minimum Gasteiger partial charge on any atom is -0.507 e. The van der Waals surface area contributed by atoms with Crippen LogP contribution in [0.3, 0.4) is 0 Å². The molecule has 76 valence electrons. The molecule has 0 heterocycles. The quantitative estimate of drug-likeness (QED) is 0.767. The molecule has 0 radical (unpaired) electrons. The highest BCUT2D eigenvalue weighted by molar-refractivity contribution is 5.88. The molecule has 0 amide bonds. The van der Waals surface area contributed by atoms with Crippen molar-refractivity contribution in [2.24, 2.45) is 0 Å². The molecule has 0 spiro atoms. The van der Waals surface area contributed by atoms with Gasteiger partial charge in [-0.1, -0.05) is 31.2 Å². The fourth-order valence-electron chi connectivity index (χ4n) is 1.72. The van der Waals surface area contributed by atoms with Crippen LogP contribution in [0.5, 0.6) is 5.75 Å². The highest BCUT2D eigenvalue weighted by atomic mass is 16.3. The largest absolute Gasteiger partial charge is 0.507 e. The third kappa shape index (κ3) is 1.71. The zero-order valence-electron chi connectivity index (χ0n) is 8.53. The van der Waals surface area contributed by atoms with Gasteiger partial charge in [-0.2, -0.15) is 0 Å². The van der Waals surface area contributed by atoms with E-state index in [1.807, 2.05) is 31.2 Å². The summed E-state index contributed by atoms with van der Waals surface area (Å²) in [6.45, 7) is 1.92. The normalized spacial score (nSPS) is 10.5. The molecule has 2 nitrogen and oxygen atoms in total. The third-order valence-electron chi connectivity index (χ3n) is 2.52. The molecule has 0 aliphatic heterocycles. The monoisotopic (exact) mass is 200 g/mol. The van der Waals surface area contributed by atoms with Gasteiger partial charge in [-0.05, 0) is 29.5 Å². The summed E-state index contributed by atoms with van der Waals surface area (Å²) in [6, 6.07) is 10.4. The molecule has 0 aromatic heterocycles. The third-order valence-corrected chi connectivity index (χ3v) is 2.52. The summed E-state index contributed by atoms with van der Waals surface area (Å²) in [5.41, 5.74) is 0.629. The second kappa shape index (κ2) is 3.73. The zero-order valence-corrected chi connectivity index (χ0v) is 8.53. The molecule has 0 saturated heterocycles. The van der Waals surface area contributed by atoms with Crippen molar-refractivity contribution in [3.8, 4) is 5.75 Å². The van der Waals surface area contributed by atoms with Crippen LogP contribution in [0.1, 0.15) is 12.5 Å². The Kier molecular flexibility index (Phi) is 2.42.